The molecule has 1 aliphatic rings. The van der Waals surface area contributed by atoms with Crippen LogP contribution >= 0.6 is 0 Å². The Morgan fingerprint density at radius 3 is 3.21 bits per heavy atom. The number of esters is 1. The molecule has 1 aromatic rings. The summed E-state index contributed by atoms with van der Waals surface area (Å²) in [6.45, 7) is 0.753. The second kappa shape index (κ2) is 3.42. The first-order valence-electron chi connectivity index (χ1n) is 4.56. The van der Waals surface area contributed by atoms with Gasteiger partial charge in [-0.2, -0.15) is 5.10 Å². The Kier molecular flexibility index (Phi) is 2.25. The quantitative estimate of drug-likeness (QED) is 0.664. The Morgan fingerprint density at radius 2 is 2.57 bits per heavy atom. The van der Waals surface area contributed by atoms with Gasteiger partial charge in [0.25, 0.3) is 0 Å². The van der Waals surface area contributed by atoms with E-state index in [1.165, 1.54) is 7.11 Å². The van der Waals surface area contributed by atoms with Gasteiger partial charge in [0.1, 0.15) is 0 Å². The van der Waals surface area contributed by atoms with Gasteiger partial charge in [0.05, 0.1) is 18.9 Å². The molecule has 0 saturated carbocycles. The summed E-state index contributed by atoms with van der Waals surface area (Å²) < 4.78 is 6.22. The minimum absolute atomic E-state index is 0.267. The van der Waals surface area contributed by atoms with Crippen molar-refractivity contribution < 1.29 is 14.6 Å². The molecule has 0 bridgehead atoms. The Labute approximate surface area is 81.3 Å². The predicted octanol–water partition coefficient (Wildman–Crippen LogP) is 0.497. The van der Waals surface area contributed by atoms with Gasteiger partial charge in [-0.15, -0.1) is 0 Å². The number of fused-ring (bicyclic) bond motifs is 1. The first-order valence-corrected chi connectivity index (χ1v) is 4.56. The van der Waals surface area contributed by atoms with Gasteiger partial charge in [-0.05, 0) is 18.9 Å². The number of carbonyl (C=O) groups is 1. The number of aromatic nitrogens is 2. The van der Waals surface area contributed by atoms with E-state index >= 15 is 0 Å². The van der Waals surface area contributed by atoms with Crippen molar-refractivity contribution in [2.24, 2.45) is 0 Å². The summed E-state index contributed by atoms with van der Waals surface area (Å²) in [6, 6.07) is 1.59. The molecule has 1 N–H and O–H groups in total. The first-order chi connectivity index (χ1) is 6.72. The molecule has 1 atom stereocenters. The van der Waals surface area contributed by atoms with Gasteiger partial charge in [0, 0.05) is 6.54 Å². The molecule has 0 spiro atoms. The van der Waals surface area contributed by atoms with Crippen molar-refractivity contribution in [3.8, 4) is 0 Å². The average molecular weight is 196 g/mol. The molecule has 0 unspecified atom stereocenters. The third-order valence-corrected chi connectivity index (χ3v) is 2.39. The van der Waals surface area contributed by atoms with Crippen molar-refractivity contribution in [1.29, 1.82) is 0 Å². The predicted molar refractivity (Wildman–Crippen MR) is 47.8 cm³/mol. The molecule has 0 aliphatic carbocycles. The van der Waals surface area contributed by atoms with Gasteiger partial charge < -0.3 is 9.84 Å². The normalized spacial score (nSPS) is 20.3. The summed E-state index contributed by atoms with van der Waals surface area (Å²) >= 11 is 0. The smallest absolute Gasteiger partial charge is 0.358 e. The van der Waals surface area contributed by atoms with Crippen LogP contribution in [0, 0.1) is 0 Å². The number of aliphatic hydroxyl groups excluding tert-OH is 1. The van der Waals surface area contributed by atoms with Crippen molar-refractivity contribution in [2.45, 2.75) is 25.5 Å². The van der Waals surface area contributed by atoms with Crippen LogP contribution < -0.4 is 0 Å². The number of methoxy groups -OCH3 is 1. The van der Waals surface area contributed by atoms with Crippen LogP contribution in [0.2, 0.25) is 0 Å². The van der Waals surface area contributed by atoms with Crippen LogP contribution in [-0.2, 0) is 11.3 Å². The highest BCUT2D eigenvalue weighted by Crippen LogP contribution is 2.24. The molecule has 2 rings (SSSR count). The van der Waals surface area contributed by atoms with E-state index in [0.717, 1.165) is 19.4 Å². The molecule has 2 heterocycles. The van der Waals surface area contributed by atoms with Crippen LogP contribution in [0.3, 0.4) is 0 Å². The average Bonchev–Trinajstić information content (AvgIpc) is 2.62. The molecular formula is C9H12N2O3. The number of ether oxygens (including phenoxy) is 1. The maximum atomic E-state index is 11.2. The van der Waals surface area contributed by atoms with E-state index in [-0.39, 0.29) is 5.69 Å². The number of hydrogen-bond acceptors (Lipinski definition) is 4. The van der Waals surface area contributed by atoms with Crippen molar-refractivity contribution in [1.82, 2.24) is 9.78 Å². The number of nitrogens with zero attached hydrogens (tertiary/aromatic N) is 2. The minimum atomic E-state index is -0.505. The summed E-state index contributed by atoms with van der Waals surface area (Å²) in [6.07, 6.45) is 1.11. The van der Waals surface area contributed by atoms with Crippen molar-refractivity contribution >= 4 is 5.97 Å². The Hall–Kier alpha value is -1.36. The Bertz CT molecular complexity index is 359. The van der Waals surface area contributed by atoms with Crippen LogP contribution in [0.1, 0.15) is 35.1 Å². The summed E-state index contributed by atoms with van der Waals surface area (Å²) in [5.74, 6) is -0.459. The van der Waals surface area contributed by atoms with Gasteiger partial charge in [0.15, 0.2) is 5.69 Å². The van der Waals surface area contributed by atoms with E-state index in [9.17, 15) is 9.90 Å². The molecule has 76 valence electrons. The highest BCUT2D eigenvalue weighted by molar-refractivity contribution is 5.87. The lowest BCUT2D eigenvalue weighted by molar-refractivity contribution is 0.0592. The molecule has 0 aromatic carbocycles. The van der Waals surface area contributed by atoms with Gasteiger partial charge in [-0.1, -0.05) is 0 Å². The second-order valence-electron chi connectivity index (χ2n) is 3.33. The molecule has 5 nitrogen and oxygen atoms in total. The topological polar surface area (TPSA) is 64.4 Å². The largest absolute Gasteiger partial charge is 0.464 e. The third-order valence-electron chi connectivity index (χ3n) is 2.39. The molecular weight excluding hydrogens is 184 g/mol. The summed E-state index contributed by atoms with van der Waals surface area (Å²) in [4.78, 5) is 11.2. The molecule has 0 radical (unpaired) electrons. The highest BCUT2D eigenvalue weighted by atomic mass is 16.5. The zero-order valence-corrected chi connectivity index (χ0v) is 7.93. The zero-order chi connectivity index (χ0) is 10.1. The monoisotopic (exact) mass is 196 g/mol. The summed E-state index contributed by atoms with van der Waals surface area (Å²) in [7, 11) is 1.32. The number of aliphatic hydroxyl groups is 1. The number of aryl methyl sites for hydroxylation is 1. The SMILES string of the molecule is COC(=O)c1cc2n(n1)CCC[C@H]2O. The highest BCUT2D eigenvalue weighted by Gasteiger charge is 2.22. The van der Waals surface area contributed by atoms with Crippen LogP contribution in [-0.4, -0.2) is 28.0 Å². The molecule has 1 aliphatic heterocycles. The van der Waals surface area contributed by atoms with Crippen LogP contribution in [0.15, 0.2) is 6.07 Å². The standard InChI is InChI=1S/C9H12N2O3/c1-14-9(13)6-5-7-8(12)3-2-4-11(7)10-6/h5,8,12H,2-4H2,1H3/t8-/m1/s1. The lowest BCUT2D eigenvalue weighted by Gasteiger charge is -2.18. The van der Waals surface area contributed by atoms with E-state index in [1.807, 2.05) is 0 Å². The summed E-state index contributed by atoms with van der Waals surface area (Å²) in [5.41, 5.74) is 0.972. The second-order valence-corrected chi connectivity index (χ2v) is 3.33. The van der Waals surface area contributed by atoms with Gasteiger partial charge in [0.2, 0.25) is 0 Å². The van der Waals surface area contributed by atoms with Crippen molar-refractivity contribution in [2.75, 3.05) is 7.11 Å². The zero-order valence-electron chi connectivity index (χ0n) is 7.93. The molecule has 0 amide bonds. The van der Waals surface area contributed by atoms with Gasteiger partial charge >= 0.3 is 5.97 Å². The number of hydrogen-bond donors (Lipinski definition) is 1. The van der Waals surface area contributed by atoms with Crippen molar-refractivity contribution in [3.05, 3.63) is 17.5 Å². The number of carbonyl (C=O) groups excluding carboxylic acids is 1. The Balaban J connectivity index is 2.35. The minimum Gasteiger partial charge on any atom is -0.464 e. The van der Waals surface area contributed by atoms with E-state index in [0.29, 0.717) is 5.69 Å². The lowest BCUT2D eigenvalue weighted by Crippen LogP contribution is -2.15. The van der Waals surface area contributed by atoms with E-state index in [1.54, 1.807) is 10.7 Å². The lowest BCUT2D eigenvalue weighted by atomic mass is 10.1. The fraction of sp³-hybridized carbons (Fsp3) is 0.556. The molecule has 5 heteroatoms. The maximum Gasteiger partial charge on any atom is 0.358 e. The third kappa shape index (κ3) is 1.39. The van der Waals surface area contributed by atoms with Crippen molar-refractivity contribution in [3.63, 3.8) is 0 Å². The van der Waals surface area contributed by atoms with Crippen LogP contribution in [0.4, 0.5) is 0 Å². The molecule has 1 aromatic heterocycles. The fourth-order valence-electron chi connectivity index (χ4n) is 1.67. The molecule has 0 fully saturated rings. The first kappa shape index (κ1) is 9.21. The summed E-state index contributed by atoms with van der Waals surface area (Å²) in [5, 5.41) is 13.7. The van der Waals surface area contributed by atoms with E-state index in [4.69, 9.17) is 0 Å². The van der Waals surface area contributed by atoms with E-state index in [2.05, 4.69) is 9.84 Å². The van der Waals surface area contributed by atoms with Crippen LogP contribution in [0.25, 0.3) is 0 Å². The molecule has 0 saturated heterocycles. The van der Waals surface area contributed by atoms with Gasteiger partial charge in [-0.3, -0.25) is 4.68 Å². The molecule has 14 heavy (non-hydrogen) atoms. The van der Waals surface area contributed by atoms with E-state index < -0.39 is 12.1 Å². The Morgan fingerprint density at radius 1 is 1.79 bits per heavy atom. The fourth-order valence-corrected chi connectivity index (χ4v) is 1.67. The maximum absolute atomic E-state index is 11.2. The van der Waals surface area contributed by atoms with Crippen LogP contribution in [0.5, 0.6) is 0 Å². The van der Waals surface area contributed by atoms with Gasteiger partial charge in [-0.25, -0.2) is 4.79 Å². The number of rotatable bonds is 1.